The van der Waals surface area contributed by atoms with Crippen molar-refractivity contribution >= 4 is 17.7 Å². The number of nitrogens with zero attached hydrogens (tertiary/aromatic N) is 1. The first-order chi connectivity index (χ1) is 7.97. The lowest BCUT2D eigenvalue weighted by Crippen LogP contribution is -2.20. The van der Waals surface area contributed by atoms with Gasteiger partial charge in [0.05, 0.1) is 6.61 Å². The highest BCUT2D eigenvalue weighted by molar-refractivity contribution is 6.01. The third-order valence-electron chi connectivity index (χ3n) is 2.19. The minimum atomic E-state index is -0.488. The van der Waals surface area contributed by atoms with E-state index >= 15 is 0 Å². The number of esters is 1. The van der Waals surface area contributed by atoms with E-state index in [1.165, 1.54) is 0 Å². The first kappa shape index (κ1) is 13.2. The standard InChI is InChI=1S/C11H17N3O3/c1-5-17-11(16)8-7(4)13-14-9(8)12-10(15)6(2)3/h6H,5H2,1-4H3,(H2,12,13,14,15). The third kappa shape index (κ3) is 3.05. The molecule has 0 fully saturated rings. The van der Waals surface area contributed by atoms with Gasteiger partial charge in [0.15, 0.2) is 5.82 Å². The molecule has 0 unspecified atom stereocenters. The summed E-state index contributed by atoms with van der Waals surface area (Å²) in [7, 11) is 0. The zero-order valence-corrected chi connectivity index (χ0v) is 10.5. The van der Waals surface area contributed by atoms with Crippen LogP contribution < -0.4 is 5.32 Å². The van der Waals surface area contributed by atoms with Crippen molar-refractivity contribution in [3.8, 4) is 0 Å². The zero-order valence-electron chi connectivity index (χ0n) is 10.5. The Hall–Kier alpha value is -1.85. The number of rotatable bonds is 4. The molecule has 94 valence electrons. The number of carbonyl (C=O) groups is 2. The van der Waals surface area contributed by atoms with E-state index in [2.05, 4.69) is 15.5 Å². The smallest absolute Gasteiger partial charge is 0.343 e. The fourth-order valence-corrected chi connectivity index (χ4v) is 1.23. The Bertz CT molecular complexity index is 424. The first-order valence-corrected chi connectivity index (χ1v) is 5.50. The van der Waals surface area contributed by atoms with Gasteiger partial charge < -0.3 is 10.1 Å². The van der Waals surface area contributed by atoms with E-state index in [0.29, 0.717) is 5.69 Å². The van der Waals surface area contributed by atoms with Crippen LogP contribution in [-0.2, 0) is 9.53 Å². The van der Waals surface area contributed by atoms with Crippen LogP contribution in [0.25, 0.3) is 0 Å². The Morgan fingerprint density at radius 3 is 2.65 bits per heavy atom. The molecule has 6 heteroatoms. The Morgan fingerprint density at radius 2 is 2.12 bits per heavy atom. The molecule has 0 saturated carbocycles. The number of aryl methyl sites for hydroxylation is 1. The van der Waals surface area contributed by atoms with Crippen molar-refractivity contribution in [2.24, 2.45) is 5.92 Å². The highest BCUT2D eigenvalue weighted by Gasteiger charge is 2.21. The summed E-state index contributed by atoms with van der Waals surface area (Å²) < 4.78 is 4.90. The van der Waals surface area contributed by atoms with Gasteiger partial charge in [-0.2, -0.15) is 5.10 Å². The van der Waals surface area contributed by atoms with Gasteiger partial charge in [-0.1, -0.05) is 13.8 Å². The number of H-pyrrole nitrogens is 1. The molecule has 0 aliphatic rings. The third-order valence-corrected chi connectivity index (χ3v) is 2.19. The van der Waals surface area contributed by atoms with Gasteiger partial charge in [-0.15, -0.1) is 0 Å². The monoisotopic (exact) mass is 239 g/mol. The van der Waals surface area contributed by atoms with Crippen molar-refractivity contribution < 1.29 is 14.3 Å². The first-order valence-electron chi connectivity index (χ1n) is 5.50. The molecule has 0 spiro atoms. The Kier molecular flexibility index (Phi) is 4.25. The average molecular weight is 239 g/mol. The van der Waals surface area contributed by atoms with Crippen LogP contribution in [0.3, 0.4) is 0 Å². The van der Waals surface area contributed by atoms with Crippen LogP contribution in [-0.4, -0.2) is 28.7 Å². The lowest BCUT2D eigenvalue weighted by Gasteiger charge is -2.07. The van der Waals surface area contributed by atoms with Crippen molar-refractivity contribution in [1.82, 2.24) is 10.2 Å². The van der Waals surface area contributed by atoms with Crippen molar-refractivity contribution in [3.05, 3.63) is 11.3 Å². The second-order valence-corrected chi connectivity index (χ2v) is 3.94. The molecule has 2 N–H and O–H groups in total. The molecule has 1 rings (SSSR count). The number of anilines is 1. The molecule has 0 saturated heterocycles. The maximum absolute atomic E-state index is 11.7. The predicted octanol–water partition coefficient (Wildman–Crippen LogP) is 1.49. The number of hydrogen-bond donors (Lipinski definition) is 2. The molecule has 0 bridgehead atoms. The summed E-state index contributed by atoms with van der Waals surface area (Å²) in [6.45, 7) is 7.22. The van der Waals surface area contributed by atoms with Crippen LogP contribution in [0.2, 0.25) is 0 Å². The van der Waals surface area contributed by atoms with Crippen LogP contribution in [0.4, 0.5) is 5.82 Å². The second kappa shape index (κ2) is 5.47. The molecule has 0 aliphatic carbocycles. The minimum absolute atomic E-state index is 0.179. The van der Waals surface area contributed by atoms with Gasteiger partial charge >= 0.3 is 5.97 Å². The zero-order chi connectivity index (χ0) is 13.0. The number of amides is 1. The Balaban J connectivity index is 2.94. The number of aromatic amines is 1. The number of hydrogen-bond acceptors (Lipinski definition) is 4. The van der Waals surface area contributed by atoms with Crippen LogP contribution in [0.1, 0.15) is 36.8 Å². The van der Waals surface area contributed by atoms with Gasteiger partial charge in [-0.25, -0.2) is 4.79 Å². The normalized spacial score (nSPS) is 10.4. The highest BCUT2D eigenvalue weighted by Crippen LogP contribution is 2.17. The molecule has 17 heavy (non-hydrogen) atoms. The van der Waals surface area contributed by atoms with Crippen molar-refractivity contribution in [3.63, 3.8) is 0 Å². The molecular formula is C11H17N3O3. The van der Waals surface area contributed by atoms with Crippen LogP contribution in [0, 0.1) is 12.8 Å². The van der Waals surface area contributed by atoms with Gasteiger partial charge in [0.1, 0.15) is 5.56 Å². The van der Waals surface area contributed by atoms with E-state index < -0.39 is 5.97 Å². The summed E-state index contributed by atoms with van der Waals surface area (Å²) in [6, 6.07) is 0. The molecule has 6 nitrogen and oxygen atoms in total. The Labute approximate surface area is 99.7 Å². The number of carbonyl (C=O) groups excluding carboxylic acids is 2. The van der Waals surface area contributed by atoms with Crippen molar-refractivity contribution in [2.45, 2.75) is 27.7 Å². The van der Waals surface area contributed by atoms with Crippen LogP contribution in [0.15, 0.2) is 0 Å². The fourth-order valence-electron chi connectivity index (χ4n) is 1.23. The second-order valence-electron chi connectivity index (χ2n) is 3.94. The van der Waals surface area contributed by atoms with Crippen LogP contribution in [0.5, 0.6) is 0 Å². The lowest BCUT2D eigenvalue weighted by atomic mass is 10.2. The maximum Gasteiger partial charge on any atom is 0.343 e. The highest BCUT2D eigenvalue weighted by atomic mass is 16.5. The van der Waals surface area contributed by atoms with Crippen LogP contribution >= 0.6 is 0 Å². The summed E-state index contributed by atoms with van der Waals surface area (Å²) in [6.07, 6.45) is 0. The molecule has 0 aliphatic heterocycles. The van der Waals surface area contributed by atoms with E-state index in [0.717, 1.165) is 0 Å². The Morgan fingerprint density at radius 1 is 1.47 bits per heavy atom. The molecule has 1 aromatic heterocycles. The van der Waals surface area contributed by atoms with E-state index in [9.17, 15) is 9.59 Å². The summed E-state index contributed by atoms with van der Waals surface area (Å²) >= 11 is 0. The van der Waals surface area contributed by atoms with Gasteiger partial charge in [0.25, 0.3) is 0 Å². The van der Waals surface area contributed by atoms with Gasteiger partial charge in [0, 0.05) is 11.6 Å². The van der Waals surface area contributed by atoms with Crippen molar-refractivity contribution in [2.75, 3.05) is 11.9 Å². The molecule has 1 aromatic rings. The molecule has 0 aromatic carbocycles. The van der Waals surface area contributed by atoms with Gasteiger partial charge in [-0.05, 0) is 13.8 Å². The quantitative estimate of drug-likeness (QED) is 0.779. The summed E-state index contributed by atoms with van der Waals surface area (Å²) in [5.74, 6) is -0.637. The number of ether oxygens (including phenoxy) is 1. The van der Waals surface area contributed by atoms with Crippen molar-refractivity contribution in [1.29, 1.82) is 0 Å². The fraction of sp³-hybridized carbons (Fsp3) is 0.545. The number of aromatic nitrogens is 2. The summed E-state index contributed by atoms with van der Waals surface area (Å²) in [5, 5.41) is 9.13. The summed E-state index contributed by atoms with van der Waals surface area (Å²) in [4.78, 5) is 23.2. The van der Waals surface area contributed by atoms with E-state index in [1.54, 1.807) is 27.7 Å². The topological polar surface area (TPSA) is 84.1 Å². The van der Waals surface area contributed by atoms with Gasteiger partial charge in [-0.3, -0.25) is 9.89 Å². The molecule has 1 heterocycles. The van der Waals surface area contributed by atoms with E-state index in [4.69, 9.17) is 4.74 Å². The SMILES string of the molecule is CCOC(=O)c1c(NC(=O)C(C)C)n[nH]c1C. The molecule has 0 radical (unpaired) electrons. The van der Waals surface area contributed by atoms with E-state index in [-0.39, 0.29) is 29.8 Å². The molecule has 1 amide bonds. The maximum atomic E-state index is 11.7. The molecule has 0 atom stereocenters. The minimum Gasteiger partial charge on any atom is -0.462 e. The molecular weight excluding hydrogens is 222 g/mol. The summed E-state index contributed by atoms with van der Waals surface area (Å²) in [5.41, 5.74) is 0.850. The van der Waals surface area contributed by atoms with Gasteiger partial charge in [0.2, 0.25) is 5.91 Å². The lowest BCUT2D eigenvalue weighted by molar-refractivity contribution is -0.118. The number of nitrogens with one attached hydrogen (secondary N) is 2. The van der Waals surface area contributed by atoms with E-state index in [1.807, 2.05) is 0 Å². The average Bonchev–Trinajstić information content (AvgIpc) is 2.60. The largest absolute Gasteiger partial charge is 0.462 e. The predicted molar refractivity (Wildman–Crippen MR) is 62.7 cm³/mol.